The molecule has 1 aromatic rings. The molecule has 1 aliphatic heterocycles. The zero-order chi connectivity index (χ0) is 12.4. The second kappa shape index (κ2) is 4.71. The van der Waals surface area contributed by atoms with E-state index in [1.807, 2.05) is 6.92 Å². The normalized spacial score (nSPS) is 24.7. The van der Waals surface area contributed by atoms with Crippen molar-refractivity contribution < 1.29 is 9.90 Å². The number of carbonyl (C=O) groups is 1. The summed E-state index contributed by atoms with van der Waals surface area (Å²) in [7, 11) is 0. The molecule has 0 aliphatic carbocycles. The van der Waals surface area contributed by atoms with E-state index in [0.717, 1.165) is 6.42 Å². The van der Waals surface area contributed by atoms with E-state index >= 15 is 0 Å². The summed E-state index contributed by atoms with van der Waals surface area (Å²) < 4.78 is 0. The first-order chi connectivity index (χ1) is 8.09. The Balaban J connectivity index is 2.14. The molecule has 2 rings (SSSR count). The molecule has 0 saturated carbocycles. The van der Waals surface area contributed by atoms with Gasteiger partial charge in [0.05, 0.1) is 11.8 Å². The van der Waals surface area contributed by atoms with Gasteiger partial charge in [0.25, 0.3) is 5.91 Å². The molecule has 17 heavy (non-hydrogen) atoms. The molecule has 0 radical (unpaired) electrons. The Bertz CT molecular complexity index is 422. The Morgan fingerprint density at radius 3 is 3.06 bits per heavy atom. The highest BCUT2D eigenvalue weighted by Crippen LogP contribution is 2.19. The molecule has 3 N–H and O–H groups in total. The number of anilines is 1. The summed E-state index contributed by atoms with van der Waals surface area (Å²) >= 11 is 0. The third kappa shape index (κ3) is 2.39. The van der Waals surface area contributed by atoms with Crippen molar-refractivity contribution in [2.24, 2.45) is 5.92 Å². The maximum atomic E-state index is 12.1. The lowest BCUT2D eigenvalue weighted by molar-refractivity contribution is 0.0246. The van der Waals surface area contributed by atoms with Gasteiger partial charge in [-0.05, 0) is 24.5 Å². The molecule has 5 heteroatoms. The maximum absolute atomic E-state index is 12.1. The highest BCUT2D eigenvalue weighted by atomic mass is 16.3. The quantitative estimate of drug-likeness (QED) is 0.743. The number of carbonyl (C=O) groups excluding carboxylic acids is 1. The Labute approximate surface area is 100 Å². The third-order valence-electron chi connectivity index (χ3n) is 3.25. The largest absolute Gasteiger partial charge is 0.397 e. The molecule has 0 aromatic carbocycles. The predicted molar refractivity (Wildman–Crippen MR) is 64.3 cm³/mol. The van der Waals surface area contributed by atoms with E-state index < -0.39 is 6.10 Å². The summed E-state index contributed by atoms with van der Waals surface area (Å²) in [5.41, 5.74) is 6.37. The standard InChI is InChI=1S/C12H17N3O2/c1-8-4-6-15(7-10(8)16)12(17)11-9(13)3-2-5-14-11/h2-3,5,8,10,16H,4,6-7,13H2,1H3. The molecule has 1 amide bonds. The van der Waals surface area contributed by atoms with E-state index in [1.165, 1.54) is 0 Å². The summed E-state index contributed by atoms with van der Waals surface area (Å²) in [6.07, 6.45) is 1.89. The minimum absolute atomic E-state index is 0.200. The topological polar surface area (TPSA) is 79.5 Å². The third-order valence-corrected chi connectivity index (χ3v) is 3.25. The van der Waals surface area contributed by atoms with Crippen LogP contribution in [-0.4, -0.2) is 40.1 Å². The van der Waals surface area contributed by atoms with Crippen LogP contribution in [0, 0.1) is 5.92 Å². The first-order valence-corrected chi connectivity index (χ1v) is 5.77. The van der Waals surface area contributed by atoms with Crippen LogP contribution in [0.25, 0.3) is 0 Å². The SMILES string of the molecule is CC1CCN(C(=O)c2ncccc2N)CC1O. The summed E-state index contributed by atoms with van der Waals surface area (Å²) in [6, 6.07) is 3.35. The van der Waals surface area contributed by atoms with Crippen LogP contribution in [0.1, 0.15) is 23.8 Å². The van der Waals surface area contributed by atoms with Crippen LogP contribution < -0.4 is 5.73 Å². The number of piperidine rings is 1. The second-order valence-electron chi connectivity index (χ2n) is 4.53. The lowest BCUT2D eigenvalue weighted by Gasteiger charge is -2.34. The van der Waals surface area contributed by atoms with Crippen molar-refractivity contribution in [3.63, 3.8) is 0 Å². The molecule has 2 unspecified atom stereocenters. The molecule has 0 spiro atoms. The average molecular weight is 235 g/mol. The molecule has 92 valence electrons. The molecule has 5 nitrogen and oxygen atoms in total. The molecule has 1 fully saturated rings. The fourth-order valence-corrected chi connectivity index (χ4v) is 1.98. The molecule has 0 bridgehead atoms. The number of hydrogen-bond acceptors (Lipinski definition) is 4. The fourth-order valence-electron chi connectivity index (χ4n) is 1.98. The monoisotopic (exact) mass is 235 g/mol. The first-order valence-electron chi connectivity index (χ1n) is 5.77. The zero-order valence-corrected chi connectivity index (χ0v) is 9.84. The average Bonchev–Trinajstić information content (AvgIpc) is 2.32. The van der Waals surface area contributed by atoms with Gasteiger partial charge in [-0.15, -0.1) is 0 Å². The van der Waals surface area contributed by atoms with Gasteiger partial charge in [-0.25, -0.2) is 4.98 Å². The highest BCUT2D eigenvalue weighted by molar-refractivity contribution is 5.97. The summed E-state index contributed by atoms with van der Waals surface area (Å²) in [6.45, 7) is 2.99. The van der Waals surface area contributed by atoms with Crippen molar-refractivity contribution >= 4 is 11.6 Å². The number of aromatic nitrogens is 1. The van der Waals surface area contributed by atoms with Gasteiger partial charge in [0.15, 0.2) is 5.69 Å². The van der Waals surface area contributed by atoms with Crippen LogP contribution >= 0.6 is 0 Å². The molecular weight excluding hydrogens is 218 g/mol. The van der Waals surface area contributed by atoms with Gasteiger partial charge in [0.2, 0.25) is 0 Å². The zero-order valence-electron chi connectivity index (χ0n) is 9.84. The molecular formula is C12H17N3O2. The molecule has 1 aliphatic rings. The Morgan fingerprint density at radius 2 is 2.41 bits per heavy atom. The van der Waals surface area contributed by atoms with Crippen molar-refractivity contribution in [1.82, 2.24) is 9.88 Å². The Hall–Kier alpha value is -1.62. The lowest BCUT2D eigenvalue weighted by Crippen LogP contribution is -2.46. The van der Waals surface area contributed by atoms with E-state index in [1.54, 1.807) is 23.2 Å². The number of aliphatic hydroxyl groups is 1. The van der Waals surface area contributed by atoms with E-state index in [-0.39, 0.29) is 17.5 Å². The van der Waals surface area contributed by atoms with Crippen LogP contribution in [0.5, 0.6) is 0 Å². The van der Waals surface area contributed by atoms with Crippen molar-refractivity contribution in [2.75, 3.05) is 18.8 Å². The number of pyridine rings is 1. The van der Waals surface area contributed by atoms with Crippen molar-refractivity contribution in [3.05, 3.63) is 24.0 Å². The van der Waals surface area contributed by atoms with Crippen molar-refractivity contribution in [3.8, 4) is 0 Å². The molecule has 1 aromatic heterocycles. The van der Waals surface area contributed by atoms with E-state index in [4.69, 9.17) is 5.73 Å². The number of β-amino-alcohol motifs (C(OH)–C–C–N with tert-alkyl or cyclic N) is 1. The number of nitrogen functional groups attached to an aromatic ring is 1. The van der Waals surface area contributed by atoms with E-state index in [0.29, 0.717) is 18.8 Å². The number of hydrogen-bond donors (Lipinski definition) is 2. The van der Waals surface area contributed by atoms with Gasteiger partial charge in [0, 0.05) is 19.3 Å². The van der Waals surface area contributed by atoms with Gasteiger partial charge in [-0.2, -0.15) is 0 Å². The fraction of sp³-hybridized carbons (Fsp3) is 0.500. The van der Waals surface area contributed by atoms with Crippen molar-refractivity contribution in [2.45, 2.75) is 19.4 Å². The van der Waals surface area contributed by atoms with Crippen molar-refractivity contribution in [1.29, 1.82) is 0 Å². The summed E-state index contributed by atoms with van der Waals surface area (Å²) in [4.78, 5) is 17.8. The van der Waals surface area contributed by atoms with Crippen LogP contribution in [0.15, 0.2) is 18.3 Å². The number of rotatable bonds is 1. The number of amides is 1. The molecule has 2 heterocycles. The van der Waals surface area contributed by atoms with Crippen LogP contribution in [0.3, 0.4) is 0 Å². The van der Waals surface area contributed by atoms with Crippen LogP contribution in [0.2, 0.25) is 0 Å². The second-order valence-corrected chi connectivity index (χ2v) is 4.53. The van der Waals surface area contributed by atoms with Gasteiger partial charge < -0.3 is 15.7 Å². The number of aliphatic hydroxyl groups excluding tert-OH is 1. The molecule has 1 saturated heterocycles. The minimum Gasteiger partial charge on any atom is -0.397 e. The number of nitrogens with zero attached hydrogens (tertiary/aromatic N) is 2. The van der Waals surface area contributed by atoms with Gasteiger partial charge in [-0.1, -0.05) is 6.92 Å². The van der Waals surface area contributed by atoms with Gasteiger partial charge in [-0.3, -0.25) is 4.79 Å². The minimum atomic E-state index is -0.461. The number of likely N-dealkylation sites (tertiary alicyclic amines) is 1. The maximum Gasteiger partial charge on any atom is 0.274 e. The predicted octanol–water partition coefficient (Wildman–Crippen LogP) is 0.507. The van der Waals surface area contributed by atoms with E-state index in [9.17, 15) is 9.90 Å². The summed E-state index contributed by atoms with van der Waals surface area (Å²) in [5.74, 6) is 0.0363. The van der Waals surface area contributed by atoms with Gasteiger partial charge in [0.1, 0.15) is 0 Å². The van der Waals surface area contributed by atoms with E-state index in [2.05, 4.69) is 4.98 Å². The first kappa shape index (κ1) is 11.9. The Kier molecular flexibility index (Phi) is 3.28. The van der Waals surface area contributed by atoms with Crippen LogP contribution in [0.4, 0.5) is 5.69 Å². The molecule has 2 atom stereocenters. The van der Waals surface area contributed by atoms with Gasteiger partial charge >= 0.3 is 0 Å². The van der Waals surface area contributed by atoms with Crippen LogP contribution in [-0.2, 0) is 0 Å². The smallest absolute Gasteiger partial charge is 0.274 e. The highest BCUT2D eigenvalue weighted by Gasteiger charge is 2.29. The summed E-state index contributed by atoms with van der Waals surface area (Å²) in [5, 5.41) is 9.77. The lowest BCUT2D eigenvalue weighted by atomic mass is 9.96. The number of nitrogens with two attached hydrogens (primary N) is 1. The Morgan fingerprint density at radius 1 is 1.65 bits per heavy atom.